The van der Waals surface area contributed by atoms with Crippen LogP contribution < -0.4 is 10.3 Å². The summed E-state index contributed by atoms with van der Waals surface area (Å²) in [6.07, 6.45) is 3.43. The third-order valence-corrected chi connectivity index (χ3v) is 3.43. The summed E-state index contributed by atoms with van der Waals surface area (Å²) < 4.78 is 1.75. The van der Waals surface area contributed by atoms with Gasteiger partial charge >= 0.3 is 0 Å². The molecule has 4 nitrogen and oxygen atoms in total. The standard InChI is InChI=1S/C13H13N2O2S/c14-8-11(16)10-3-5-15(6-4-10)9-12(17)13-2-1-7-18-13/h1-7H,8-9,14H2/q+1. The van der Waals surface area contributed by atoms with Crippen LogP contribution in [0.15, 0.2) is 42.0 Å². The number of rotatable bonds is 5. The van der Waals surface area contributed by atoms with Crippen LogP contribution in [0.5, 0.6) is 0 Å². The minimum atomic E-state index is -0.105. The SMILES string of the molecule is NCC(=O)c1cc[n+](CC(=O)c2cccs2)cc1. The van der Waals surface area contributed by atoms with Crippen LogP contribution in [0.3, 0.4) is 0 Å². The van der Waals surface area contributed by atoms with Crippen LogP contribution in [0.4, 0.5) is 0 Å². The second-order valence-electron chi connectivity index (χ2n) is 3.79. The zero-order valence-corrected chi connectivity index (χ0v) is 10.5. The molecule has 2 aromatic rings. The molecule has 0 bridgehead atoms. The van der Waals surface area contributed by atoms with Gasteiger partial charge in [0.2, 0.25) is 12.3 Å². The van der Waals surface area contributed by atoms with Crippen molar-refractivity contribution < 1.29 is 14.2 Å². The van der Waals surface area contributed by atoms with Crippen molar-refractivity contribution in [3.63, 3.8) is 0 Å². The summed E-state index contributed by atoms with van der Waals surface area (Å²) in [5, 5.41) is 1.88. The summed E-state index contributed by atoms with van der Waals surface area (Å²) in [5.41, 5.74) is 5.84. The number of carbonyl (C=O) groups excluding carboxylic acids is 2. The summed E-state index contributed by atoms with van der Waals surface area (Å²) in [7, 11) is 0. The van der Waals surface area contributed by atoms with E-state index in [4.69, 9.17) is 5.73 Å². The Balaban J connectivity index is 2.07. The third kappa shape index (κ3) is 2.88. The van der Waals surface area contributed by atoms with E-state index in [-0.39, 0.29) is 24.7 Å². The molecule has 2 N–H and O–H groups in total. The van der Waals surface area contributed by atoms with E-state index in [1.54, 1.807) is 35.2 Å². The molecule has 0 radical (unpaired) electrons. The average molecular weight is 261 g/mol. The molecular formula is C13H13N2O2S+. The van der Waals surface area contributed by atoms with Crippen LogP contribution in [0.1, 0.15) is 20.0 Å². The molecule has 0 saturated carbocycles. The van der Waals surface area contributed by atoms with Gasteiger partial charge in [-0.05, 0) is 11.4 Å². The number of thiophene rings is 1. The maximum absolute atomic E-state index is 11.9. The van der Waals surface area contributed by atoms with Crippen molar-refractivity contribution in [2.24, 2.45) is 5.73 Å². The highest BCUT2D eigenvalue weighted by atomic mass is 32.1. The maximum atomic E-state index is 11.9. The van der Waals surface area contributed by atoms with Gasteiger partial charge in [-0.2, -0.15) is 4.57 Å². The first-order valence-electron chi connectivity index (χ1n) is 5.50. The van der Waals surface area contributed by atoms with E-state index in [0.717, 1.165) is 4.88 Å². The molecule has 0 aliphatic heterocycles. The monoisotopic (exact) mass is 261 g/mol. The highest BCUT2D eigenvalue weighted by Gasteiger charge is 2.13. The molecule has 0 atom stereocenters. The van der Waals surface area contributed by atoms with Gasteiger partial charge < -0.3 is 5.73 Å². The summed E-state index contributed by atoms with van der Waals surface area (Å²) in [6.45, 7) is 0.274. The lowest BCUT2D eigenvalue weighted by Gasteiger charge is -1.97. The first kappa shape index (κ1) is 12.6. The minimum absolute atomic E-state index is 0.00185. The summed E-state index contributed by atoms with van der Waals surface area (Å²) in [4.78, 5) is 23.9. The molecule has 0 spiro atoms. The van der Waals surface area contributed by atoms with Crippen molar-refractivity contribution in [1.82, 2.24) is 0 Å². The second kappa shape index (κ2) is 5.66. The fraction of sp³-hybridized carbons (Fsp3) is 0.154. The van der Waals surface area contributed by atoms with Crippen molar-refractivity contribution in [3.05, 3.63) is 52.5 Å². The number of aromatic nitrogens is 1. The Kier molecular flexibility index (Phi) is 3.96. The highest BCUT2D eigenvalue weighted by molar-refractivity contribution is 7.12. The van der Waals surface area contributed by atoms with Crippen molar-refractivity contribution in [3.8, 4) is 0 Å². The van der Waals surface area contributed by atoms with E-state index < -0.39 is 0 Å². The summed E-state index contributed by atoms with van der Waals surface area (Å²) in [6, 6.07) is 7.01. The Hall–Kier alpha value is -1.85. The summed E-state index contributed by atoms with van der Waals surface area (Å²) >= 11 is 1.43. The van der Waals surface area contributed by atoms with Crippen LogP contribution in [0.25, 0.3) is 0 Å². The predicted octanol–water partition coefficient (Wildman–Crippen LogP) is 1.06. The van der Waals surface area contributed by atoms with Gasteiger partial charge in [0, 0.05) is 17.7 Å². The molecule has 5 heteroatoms. The predicted molar refractivity (Wildman–Crippen MR) is 68.7 cm³/mol. The largest absolute Gasteiger partial charge is 0.324 e. The topological polar surface area (TPSA) is 64.0 Å². The lowest BCUT2D eigenvalue weighted by atomic mass is 10.2. The first-order valence-corrected chi connectivity index (χ1v) is 6.38. The number of hydrogen-bond acceptors (Lipinski definition) is 4. The zero-order valence-electron chi connectivity index (χ0n) is 9.70. The van der Waals surface area contributed by atoms with Gasteiger partial charge in [-0.1, -0.05) is 6.07 Å². The lowest BCUT2D eigenvalue weighted by Crippen LogP contribution is -2.37. The number of pyridine rings is 1. The van der Waals surface area contributed by atoms with Gasteiger partial charge in [0.25, 0.3) is 0 Å². The number of nitrogens with two attached hydrogens (primary N) is 1. The quantitative estimate of drug-likeness (QED) is 0.646. The minimum Gasteiger partial charge on any atom is -0.324 e. The van der Waals surface area contributed by atoms with Crippen LogP contribution in [0.2, 0.25) is 0 Å². The summed E-state index contributed by atoms with van der Waals surface area (Å²) in [5.74, 6) is -0.0420. The molecular weight excluding hydrogens is 248 g/mol. The third-order valence-electron chi connectivity index (χ3n) is 2.52. The van der Waals surface area contributed by atoms with Gasteiger partial charge in [-0.25, -0.2) is 0 Å². The average Bonchev–Trinajstić information content (AvgIpc) is 2.92. The van der Waals surface area contributed by atoms with Crippen LogP contribution >= 0.6 is 11.3 Å². The van der Waals surface area contributed by atoms with E-state index in [9.17, 15) is 9.59 Å². The molecule has 0 fully saturated rings. The van der Waals surface area contributed by atoms with E-state index in [0.29, 0.717) is 5.56 Å². The molecule has 2 aromatic heterocycles. The molecule has 0 aliphatic carbocycles. The molecule has 2 heterocycles. The molecule has 18 heavy (non-hydrogen) atoms. The van der Waals surface area contributed by atoms with Gasteiger partial charge in [0.15, 0.2) is 18.2 Å². The Bertz CT molecular complexity index is 547. The fourth-order valence-corrected chi connectivity index (χ4v) is 2.20. The number of hydrogen-bond donors (Lipinski definition) is 1. The van der Waals surface area contributed by atoms with E-state index in [2.05, 4.69) is 0 Å². The van der Waals surface area contributed by atoms with Gasteiger partial charge in [-0.3, -0.25) is 9.59 Å². The molecule has 92 valence electrons. The van der Waals surface area contributed by atoms with Gasteiger partial charge in [0.05, 0.1) is 11.4 Å². The number of nitrogens with zero attached hydrogens (tertiary/aromatic N) is 1. The number of Topliss-reactive ketones (excluding diaryl/α,β-unsaturated/α-hetero) is 2. The number of ketones is 2. The Morgan fingerprint density at radius 1 is 1.17 bits per heavy atom. The maximum Gasteiger partial charge on any atom is 0.237 e. The lowest BCUT2D eigenvalue weighted by molar-refractivity contribution is -0.683. The smallest absolute Gasteiger partial charge is 0.237 e. The molecule has 0 aromatic carbocycles. The first-order chi connectivity index (χ1) is 8.70. The molecule has 2 rings (SSSR count). The fourth-order valence-electron chi connectivity index (χ4n) is 1.55. The highest BCUT2D eigenvalue weighted by Crippen LogP contribution is 2.09. The van der Waals surface area contributed by atoms with Crippen molar-refractivity contribution in [2.75, 3.05) is 6.54 Å². The number of carbonyl (C=O) groups is 2. The van der Waals surface area contributed by atoms with Crippen molar-refractivity contribution >= 4 is 22.9 Å². The van der Waals surface area contributed by atoms with Crippen LogP contribution in [0, 0.1) is 0 Å². The van der Waals surface area contributed by atoms with Crippen molar-refractivity contribution in [1.29, 1.82) is 0 Å². The van der Waals surface area contributed by atoms with E-state index >= 15 is 0 Å². The molecule has 0 unspecified atom stereocenters. The molecule has 0 saturated heterocycles. The zero-order chi connectivity index (χ0) is 13.0. The normalized spacial score (nSPS) is 10.3. The van der Waals surface area contributed by atoms with Crippen LogP contribution in [-0.4, -0.2) is 18.1 Å². The van der Waals surface area contributed by atoms with Gasteiger partial charge in [-0.15, -0.1) is 11.3 Å². The second-order valence-corrected chi connectivity index (χ2v) is 4.73. The Morgan fingerprint density at radius 2 is 1.89 bits per heavy atom. The van der Waals surface area contributed by atoms with E-state index in [1.807, 2.05) is 11.4 Å². The Morgan fingerprint density at radius 3 is 2.44 bits per heavy atom. The van der Waals surface area contributed by atoms with E-state index in [1.165, 1.54) is 11.3 Å². The van der Waals surface area contributed by atoms with Gasteiger partial charge in [0.1, 0.15) is 0 Å². The Labute approximate surface area is 109 Å². The molecule has 0 aliphatic rings. The van der Waals surface area contributed by atoms with Crippen molar-refractivity contribution in [2.45, 2.75) is 6.54 Å². The molecule has 0 amide bonds. The van der Waals surface area contributed by atoms with Crippen LogP contribution in [-0.2, 0) is 6.54 Å².